The zero-order valence-corrected chi connectivity index (χ0v) is 9.59. The molecule has 19 heavy (non-hydrogen) atoms. The monoisotopic (exact) mass is 268 g/mol. The van der Waals surface area contributed by atoms with Gasteiger partial charge in [0.25, 0.3) is 11.4 Å². The van der Waals surface area contributed by atoms with E-state index in [1.807, 2.05) is 0 Å². The van der Waals surface area contributed by atoms with Crippen LogP contribution in [-0.4, -0.2) is 26.2 Å². The minimum Gasteiger partial charge on any atom is -0.363 e. The lowest BCUT2D eigenvalue weighted by molar-refractivity contribution is -0.394. The van der Waals surface area contributed by atoms with E-state index in [2.05, 4.69) is 4.99 Å². The zero-order valence-electron chi connectivity index (χ0n) is 9.59. The Hall–Kier alpha value is -2.59. The maximum atomic E-state index is 10.7. The first-order chi connectivity index (χ1) is 8.88. The van der Waals surface area contributed by atoms with Crippen molar-refractivity contribution >= 4 is 17.3 Å². The van der Waals surface area contributed by atoms with Crippen LogP contribution in [-0.2, 0) is 4.84 Å². The molecule has 1 heterocycles. The van der Waals surface area contributed by atoms with Gasteiger partial charge in [-0.15, -0.1) is 0 Å². The molecule has 0 saturated heterocycles. The van der Waals surface area contributed by atoms with Crippen LogP contribution in [0.1, 0.15) is 18.7 Å². The molecule has 1 N–H and O–H groups in total. The van der Waals surface area contributed by atoms with Gasteiger partial charge in [0.2, 0.25) is 5.90 Å². The maximum Gasteiger partial charge on any atom is 0.276 e. The van der Waals surface area contributed by atoms with Crippen molar-refractivity contribution in [2.75, 3.05) is 0 Å². The Morgan fingerprint density at radius 3 is 2.16 bits per heavy atom. The van der Waals surface area contributed by atoms with Gasteiger partial charge >= 0.3 is 0 Å². The molecule has 0 bridgehead atoms. The first kappa shape index (κ1) is 12.9. The van der Waals surface area contributed by atoms with Crippen molar-refractivity contribution in [3.63, 3.8) is 0 Å². The Morgan fingerprint density at radius 2 is 1.79 bits per heavy atom. The minimum absolute atomic E-state index is 0.0836. The second kappa shape index (κ2) is 4.59. The maximum absolute atomic E-state index is 10.7. The van der Waals surface area contributed by atoms with Crippen LogP contribution in [0.2, 0.25) is 0 Å². The number of nitrogens with zero attached hydrogens (tertiary/aromatic N) is 4. The van der Waals surface area contributed by atoms with Gasteiger partial charge in [0.05, 0.1) is 15.9 Å². The second-order valence-corrected chi connectivity index (χ2v) is 3.71. The quantitative estimate of drug-likeness (QED) is 0.649. The van der Waals surface area contributed by atoms with Gasteiger partial charge in [0, 0.05) is 29.8 Å². The highest BCUT2D eigenvalue weighted by atomic mass is 16.9. The number of hydrogen-bond donors (Lipinski definition) is 1. The van der Waals surface area contributed by atoms with Crippen LogP contribution in [0.25, 0.3) is 0 Å². The van der Waals surface area contributed by atoms with Gasteiger partial charge in [-0.05, 0) is 0 Å². The zero-order chi connectivity index (χ0) is 14.2. The van der Waals surface area contributed by atoms with Crippen LogP contribution in [0.5, 0.6) is 0 Å². The smallest absolute Gasteiger partial charge is 0.276 e. The Morgan fingerprint density at radius 1 is 1.26 bits per heavy atom. The molecule has 10 nitrogen and oxygen atoms in total. The summed E-state index contributed by atoms with van der Waals surface area (Å²) in [6, 6.07) is 3.01. The summed E-state index contributed by atoms with van der Waals surface area (Å²) in [5, 5.41) is 31.3. The lowest BCUT2D eigenvalue weighted by Gasteiger charge is -2.13. The van der Waals surface area contributed by atoms with E-state index in [-0.39, 0.29) is 11.5 Å². The SMILES string of the molecule is CC1=NC(c2cc([N+](=O)[O-])cc([N+](=O)[O-])c2)N(O)O1. The standard InChI is InChI=1S/C9H8N4O6/c1-5-10-9(13(18)19-5)6-2-7(11(14)15)4-8(3-6)12(16)17/h2-4,9,18H,1H3. The summed E-state index contributed by atoms with van der Waals surface area (Å²) >= 11 is 0. The van der Waals surface area contributed by atoms with Crippen LogP contribution >= 0.6 is 0 Å². The van der Waals surface area contributed by atoms with Crippen LogP contribution < -0.4 is 0 Å². The fourth-order valence-corrected chi connectivity index (χ4v) is 1.61. The van der Waals surface area contributed by atoms with Gasteiger partial charge in [0.1, 0.15) is 0 Å². The average Bonchev–Trinajstić information content (AvgIpc) is 2.67. The van der Waals surface area contributed by atoms with E-state index in [1.54, 1.807) is 0 Å². The highest BCUT2D eigenvalue weighted by Gasteiger charge is 2.30. The number of benzene rings is 1. The first-order valence-electron chi connectivity index (χ1n) is 5.02. The number of hydroxylamine groups is 2. The Kier molecular flexibility index (Phi) is 3.10. The second-order valence-electron chi connectivity index (χ2n) is 3.71. The summed E-state index contributed by atoms with van der Waals surface area (Å²) in [6.45, 7) is 1.47. The summed E-state index contributed by atoms with van der Waals surface area (Å²) < 4.78 is 0. The number of hydrogen-bond acceptors (Lipinski definition) is 8. The lowest BCUT2D eigenvalue weighted by atomic mass is 10.1. The predicted molar refractivity (Wildman–Crippen MR) is 60.3 cm³/mol. The molecule has 1 aliphatic rings. The molecule has 1 aromatic rings. The molecular formula is C9H8N4O6. The normalized spacial score (nSPS) is 18.8. The van der Waals surface area contributed by atoms with Crippen molar-refractivity contribution in [1.82, 2.24) is 5.23 Å². The van der Waals surface area contributed by atoms with E-state index >= 15 is 0 Å². The molecule has 10 heteroatoms. The van der Waals surface area contributed by atoms with Crippen molar-refractivity contribution in [1.29, 1.82) is 0 Å². The summed E-state index contributed by atoms with van der Waals surface area (Å²) in [4.78, 5) is 28.5. The number of nitro benzene ring substituents is 2. The molecule has 0 saturated carbocycles. The van der Waals surface area contributed by atoms with Gasteiger partial charge < -0.3 is 4.84 Å². The van der Waals surface area contributed by atoms with Gasteiger partial charge in [0.15, 0.2) is 6.17 Å². The number of aliphatic imine (C=N–C) groups is 1. The molecule has 0 radical (unpaired) electrons. The summed E-state index contributed by atoms with van der Waals surface area (Å²) in [6.07, 6.45) is -1.07. The summed E-state index contributed by atoms with van der Waals surface area (Å²) in [5.74, 6) is 0.140. The minimum atomic E-state index is -1.07. The van der Waals surface area contributed by atoms with Gasteiger partial charge in [-0.1, -0.05) is 0 Å². The topological polar surface area (TPSA) is 131 Å². The van der Waals surface area contributed by atoms with E-state index in [9.17, 15) is 25.4 Å². The van der Waals surface area contributed by atoms with Gasteiger partial charge in [-0.2, -0.15) is 0 Å². The summed E-state index contributed by atoms with van der Waals surface area (Å²) in [7, 11) is 0. The highest BCUT2D eigenvalue weighted by Crippen LogP contribution is 2.32. The number of rotatable bonds is 3. The highest BCUT2D eigenvalue weighted by molar-refractivity contribution is 5.74. The number of nitro groups is 2. The predicted octanol–water partition coefficient (Wildman–Crippen LogP) is 1.56. The van der Waals surface area contributed by atoms with Crippen LogP contribution in [0.15, 0.2) is 23.2 Å². The summed E-state index contributed by atoms with van der Waals surface area (Å²) in [5.41, 5.74) is -0.838. The molecule has 0 aromatic heterocycles. The molecule has 1 unspecified atom stereocenters. The molecule has 100 valence electrons. The molecule has 2 rings (SSSR count). The van der Waals surface area contributed by atoms with Crippen LogP contribution in [0, 0.1) is 20.2 Å². The van der Waals surface area contributed by atoms with E-state index in [0.717, 1.165) is 18.2 Å². The average molecular weight is 268 g/mol. The van der Waals surface area contributed by atoms with Crippen LogP contribution in [0.4, 0.5) is 11.4 Å². The molecular weight excluding hydrogens is 260 g/mol. The fraction of sp³-hybridized carbons (Fsp3) is 0.222. The van der Waals surface area contributed by atoms with Gasteiger partial charge in [-0.3, -0.25) is 25.4 Å². The van der Waals surface area contributed by atoms with Crippen molar-refractivity contribution in [2.24, 2.45) is 4.99 Å². The van der Waals surface area contributed by atoms with Crippen molar-refractivity contribution in [2.45, 2.75) is 13.1 Å². The molecule has 0 spiro atoms. The fourth-order valence-electron chi connectivity index (χ4n) is 1.61. The van der Waals surface area contributed by atoms with E-state index in [1.165, 1.54) is 6.92 Å². The Labute approximate surface area is 105 Å². The van der Waals surface area contributed by atoms with Crippen LogP contribution in [0.3, 0.4) is 0 Å². The third kappa shape index (κ3) is 2.48. The van der Waals surface area contributed by atoms with Crippen molar-refractivity contribution in [3.05, 3.63) is 44.0 Å². The third-order valence-corrected chi connectivity index (χ3v) is 2.38. The van der Waals surface area contributed by atoms with E-state index < -0.39 is 27.4 Å². The molecule has 0 fully saturated rings. The lowest BCUT2D eigenvalue weighted by Crippen LogP contribution is -2.19. The largest absolute Gasteiger partial charge is 0.363 e. The molecule has 1 aromatic carbocycles. The van der Waals surface area contributed by atoms with Gasteiger partial charge in [-0.25, -0.2) is 4.99 Å². The Balaban J connectivity index is 2.51. The molecule has 1 aliphatic heterocycles. The first-order valence-corrected chi connectivity index (χ1v) is 5.02. The number of non-ortho nitro benzene ring substituents is 2. The molecule has 1 atom stereocenters. The third-order valence-electron chi connectivity index (χ3n) is 2.38. The van der Waals surface area contributed by atoms with E-state index in [0.29, 0.717) is 5.23 Å². The molecule has 0 amide bonds. The van der Waals surface area contributed by atoms with Crippen molar-refractivity contribution in [3.8, 4) is 0 Å². The Bertz CT molecular complexity index is 554. The van der Waals surface area contributed by atoms with E-state index in [4.69, 9.17) is 4.84 Å². The molecule has 0 aliphatic carbocycles. The van der Waals surface area contributed by atoms with Crippen molar-refractivity contribution < 1.29 is 19.9 Å².